The molecule has 0 saturated heterocycles. The third kappa shape index (κ3) is 2.99. The SMILES string of the molecule is CC(=O)N(c1ccccc1)C1CC(c2ccccc2)=Cn2c(Br)cnc21. The molecule has 3 aromatic rings. The number of fused-ring (bicyclic) bond motifs is 1. The van der Waals surface area contributed by atoms with E-state index in [1.54, 1.807) is 13.1 Å². The minimum Gasteiger partial charge on any atom is -0.302 e. The van der Waals surface area contributed by atoms with Crippen LogP contribution in [0.5, 0.6) is 0 Å². The Labute approximate surface area is 160 Å². The van der Waals surface area contributed by atoms with Gasteiger partial charge in [0.2, 0.25) is 5.91 Å². The van der Waals surface area contributed by atoms with E-state index in [1.165, 1.54) is 5.57 Å². The first-order chi connectivity index (χ1) is 12.6. The second-order valence-corrected chi connectivity index (χ2v) is 7.09. The van der Waals surface area contributed by atoms with Gasteiger partial charge in [0.1, 0.15) is 10.4 Å². The van der Waals surface area contributed by atoms with Gasteiger partial charge < -0.3 is 4.90 Å². The van der Waals surface area contributed by atoms with Gasteiger partial charge in [0.05, 0.1) is 12.2 Å². The molecule has 4 rings (SSSR count). The molecule has 1 unspecified atom stereocenters. The molecular weight excluding hydrogens is 390 g/mol. The fourth-order valence-electron chi connectivity index (χ4n) is 3.46. The van der Waals surface area contributed by atoms with Crippen molar-refractivity contribution in [3.8, 4) is 0 Å². The fraction of sp³-hybridized carbons (Fsp3) is 0.143. The van der Waals surface area contributed by atoms with Crippen LogP contribution in [0.15, 0.2) is 71.5 Å². The van der Waals surface area contributed by atoms with Crippen LogP contribution in [0.3, 0.4) is 0 Å². The van der Waals surface area contributed by atoms with Gasteiger partial charge in [0, 0.05) is 25.2 Å². The number of para-hydroxylation sites is 1. The summed E-state index contributed by atoms with van der Waals surface area (Å²) in [5, 5.41) is 0. The third-order valence-electron chi connectivity index (χ3n) is 4.61. The van der Waals surface area contributed by atoms with Gasteiger partial charge in [0.15, 0.2) is 0 Å². The highest BCUT2D eigenvalue weighted by molar-refractivity contribution is 9.10. The van der Waals surface area contributed by atoms with Crippen LogP contribution in [0, 0.1) is 0 Å². The van der Waals surface area contributed by atoms with E-state index in [4.69, 9.17) is 0 Å². The molecule has 5 heteroatoms. The highest BCUT2D eigenvalue weighted by atomic mass is 79.9. The maximum atomic E-state index is 12.6. The van der Waals surface area contributed by atoms with Gasteiger partial charge in [-0.15, -0.1) is 0 Å². The molecule has 130 valence electrons. The van der Waals surface area contributed by atoms with Crippen molar-refractivity contribution in [3.63, 3.8) is 0 Å². The lowest BCUT2D eigenvalue weighted by molar-refractivity contribution is -0.117. The van der Waals surface area contributed by atoms with E-state index in [2.05, 4.69) is 39.2 Å². The smallest absolute Gasteiger partial charge is 0.224 e. The lowest BCUT2D eigenvalue weighted by atomic mass is 9.95. The predicted octanol–water partition coefficient (Wildman–Crippen LogP) is 5.14. The number of hydrogen-bond acceptors (Lipinski definition) is 2. The molecule has 26 heavy (non-hydrogen) atoms. The molecule has 1 atom stereocenters. The first-order valence-electron chi connectivity index (χ1n) is 8.48. The molecule has 1 aliphatic heterocycles. The average Bonchev–Trinajstić information content (AvgIpc) is 3.04. The molecule has 1 aliphatic rings. The molecule has 0 bridgehead atoms. The van der Waals surface area contributed by atoms with Crippen LogP contribution in [-0.4, -0.2) is 15.5 Å². The number of carbonyl (C=O) groups excluding carboxylic acids is 1. The quantitative estimate of drug-likeness (QED) is 0.602. The van der Waals surface area contributed by atoms with Crippen molar-refractivity contribution >= 4 is 39.3 Å². The topological polar surface area (TPSA) is 38.1 Å². The van der Waals surface area contributed by atoms with Gasteiger partial charge in [-0.05, 0) is 39.2 Å². The van der Waals surface area contributed by atoms with Crippen molar-refractivity contribution < 1.29 is 4.79 Å². The molecule has 0 radical (unpaired) electrons. The third-order valence-corrected chi connectivity index (χ3v) is 5.19. The van der Waals surface area contributed by atoms with E-state index in [-0.39, 0.29) is 11.9 Å². The second-order valence-electron chi connectivity index (χ2n) is 6.27. The summed E-state index contributed by atoms with van der Waals surface area (Å²) in [6, 6.07) is 19.9. The van der Waals surface area contributed by atoms with E-state index in [9.17, 15) is 4.79 Å². The van der Waals surface area contributed by atoms with Crippen molar-refractivity contribution in [1.29, 1.82) is 0 Å². The Bertz CT molecular complexity index is 963. The average molecular weight is 408 g/mol. The number of hydrogen-bond donors (Lipinski definition) is 0. The number of halogens is 1. The maximum absolute atomic E-state index is 12.6. The number of imidazole rings is 1. The summed E-state index contributed by atoms with van der Waals surface area (Å²) in [5.41, 5.74) is 3.20. The fourth-order valence-corrected chi connectivity index (χ4v) is 3.84. The number of carbonyl (C=O) groups is 1. The van der Waals surface area contributed by atoms with Crippen molar-refractivity contribution in [1.82, 2.24) is 9.55 Å². The number of benzene rings is 2. The minimum atomic E-state index is -0.165. The standard InChI is InChI=1S/C21H18BrN3O/c1-15(26)25(18-10-6-3-7-11-18)19-12-17(16-8-4-2-5-9-16)14-24-20(22)13-23-21(19)24/h2-11,13-14,19H,12H2,1H3. The van der Waals surface area contributed by atoms with Gasteiger partial charge in [-0.3, -0.25) is 9.36 Å². The Morgan fingerprint density at radius 1 is 1.12 bits per heavy atom. The van der Waals surface area contributed by atoms with Crippen molar-refractivity contribution in [2.45, 2.75) is 19.4 Å². The van der Waals surface area contributed by atoms with Gasteiger partial charge in [-0.2, -0.15) is 0 Å². The molecule has 0 spiro atoms. The summed E-state index contributed by atoms with van der Waals surface area (Å²) < 4.78 is 2.90. The predicted molar refractivity (Wildman–Crippen MR) is 107 cm³/mol. The van der Waals surface area contributed by atoms with Crippen molar-refractivity contribution in [2.75, 3.05) is 4.90 Å². The van der Waals surface area contributed by atoms with Crippen LogP contribution >= 0.6 is 15.9 Å². The Kier molecular flexibility index (Phi) is 4.47. The number of nitrogens with zero attached hydrogens (tertiary/aromatic N) is 3. The molecule has 0 aliphatic carbocycles. The van der Waals surface area contributed by atoms with Gasteiger partial charge in [0.25, 0.3) is 0 Å². The summed E-state index contributed by atoms with van der Waals surface area (Å²) in [5.74, 6) is 0.858. The van der Waals surface area contributed by atoms with Crippen molar-refractivity contribution in [3.05, 3.63) is 82.9 Å². The largest absolute Gasteiger partial charge is 0.302 e. The summed E-state index contributed by atoms with van der Waals surface area (Å²) in [6.45, 7) is 1.61. The zero-order chi connectivity index (χ0) is 18.1. The molecule has 0 fully saturated rings. The molecule has 0 saturated carbocycles. The highest BCUT2D eigenvalue weighted by Crippen LogP contribution is 2.40. The zero-order valence-electron chi connectivity index (χ0n) is 14.3. The molecule has 0 N–H and O–H groups in total. The molecule has 1 amide bonds. The van der Waals surface area contributed by atoms with Gasteiger partial charge >= 0.3 is 0 Å². The van der Waals surface area contributed by atoms with Crippen LogP contribution in [0.25, 0.3) is 11.8 Å². The maximum Gasteiger partial charge on any atom is 0.224 e. The monoisotopic (exact) mass is 407 g/mol. The first kappa shape index (κ1) is 16.8. The van der Waals surface area contributed by atoms with E-state index in [0.717, 1.165) is 21.7 Å². The Hall–Kier alpha value is -2.66. The molecule has 4 nitrogen and oxygen atoms in total. The van der Waals surface area contributed by atoms with Crippen LogP contribution in [0.2, 0.25) is 0 Å². The van der Waals surface area contributed by atoms with E-state index in [0.29, 0.717) is 6.42 Å². The van der Waals surface area contributed by atoms with E-state index < -0.39 is 0 Å². The van der Waals surface area contributed by atoms with Gasteiger partial charge in [-0.25, -0.2) is 4.98 Å². The summed E-state index contributed by atoms with van der Waals surface area (Å²) in [4.78, 5) is 19.0. The molecule has 2 heterocycles. The summed E-state index contributed by atoms with van der Waals surface area (Å²) in [7, 11) is 0. The van der Waals surface area contributed by atoms with Crippen molar-refractivity contribution in [2.24, 2.45) is 0 Å². The van der Waals surface area contributed by atoms with Gasteiger partial charge in [-0.1, -0.05) is 48.5 Å². The molecular formula is C21H18BrN3O. The Morgan fingerprint density at radius 2 is 1.77 bits per heavy atom. The van der Waals surface area contributed by atoms with Crippen LogP contribution < -0.4 is 4.90 Å². The van der Waals surface area contributed by atoms with Crippen LogP contribution in [-0.2, 0) is 4.79 Å². The molecule has 2 aromatic carbocycles. The Balaban J connectivity index is 1.83. The number of amides is 1. The van der Waals surface area contributed by atoms with Crippen LogP contribution in [0.1, 0.15) is 30.8 Å². The minimum absolute atomic E-state index is 0.00110. The summed E-state index contributed by atoms with van der Waals surface area (Å²) in [6.07, 6.45) is 4.60. The lowest BCUT2D eigenvalue weighted by Crippen LogP contribution is -2.36. The van der Waals surface area contributed by atoms with E-state index >= 15 is 0 Å². The normalized spacial score (nSPS) is 15.9. The number of rotatable bonds is 3. The second kappa shape index (κ2) is 6.92. The first-order valence-corrected chi connectivity index (χ1v) is 9.28. The Morgan fingerprint density at radius 3 is 2.42 bits per heavy atom. The van der Waals surface area contributed by atoms with E-state index in [1.807, 2.05) is 58.0 Å². The number of aromatic nitrogens is 2. The summed E-state index contributed by atoms with van der Waals surface area (Å²) >= 11 is 3.57. The lowest BCUT2D eigenvalue weighted by Gasteiger charge is -2.34. The molecule has 1 aromatic heterocycles. The zero-order valence-corrected chi connectivity index (χ0v) is 15.9. The van der Waals surface area contributed by atoms with Crippen LogP contribution in [0.4, 0.5) is 5.69 Å². The highest BCUT2D eigenvalue weighted by Gasteiger charge is 2.32. The number of anilines is 1.